The van der Waals surface area contributed by atoms with Crippen molar-refractivity contribution in [1.29, 1.82) is 0 Å². The van der Waals surface area contributed by atoms with Crippen LogP contribution in [0.2, 0.25) is 0 Å². The van der Waals surface area contributed by atoms with Crippen LogP contribution in [-0.4, -0.2) is 63.2 Å². The van der Waals surface area contributed by atoms with Crippen LogP contribution in [0, 0.1) is 5.41 Å². The monoisotopic (exact) mass is 500 g/mol. The first kappa shape index (κ1) is 35.5. The molecule has 0 rings (SSSR count). The number of nitrogens with one attached hydrogen (secondary N) is 1. The molecule has 7 nitrogen and oxygen atoms in total. The van der Waals surface area contributed by atoms with Crippen molar-refractivity contribution in [1.82, 2.24) is 5.32 Å². The molecule has 1 amide bonds. The maximum absolute atomic E-state index is 11.8. The Bertz CT molecular complexity index is 562. The quantitative estimate of drug-likeness (QED) is 0.150. The zero-order valence-electron chi connectivity index (χ0n) is 24.0. The van der Waals surface area contributed by atoms with Gasteiger partial charge in [0.15, 0.2) is 0 Å². The third kappa shape index (κ3) is 23.9. The number of hydrogen-bond donors (Lipinski definition) is 1. The van der Waals surface area contributed by atoms with Gasteiger partial charge in [0, 0.05) is 19.4 Å². The van der Waals surface area contributed by atoms with Crippen molar-refractivity contribution in [3.63, 3.8) is 0 Å². The Balaban J connectivity index is 0. The standard InChI is InChI=1S/C21H42N2O3.C7H14O2/c1-4-5-6-7-8-9-10-11-12-13-14-16-20(24)22-17-15-18-23(2,3)19-21(25)26;1-5-7(2,3)6(8)9-4/h4-19H2,1-3H3,(H-,22,24,25,26);5H2,1-4H3. The summed E-state index contributed by atoms with van der Waals surface area (Å²) in [6.07, 6.45) is 16.4. The van der Waals surface area contributed by atoms with E-state index in [0.717, 1.165) is 25.7 Å². The summed E-state index contributed by atoms with van der Waals surface area (Å²) in [7, 11) is 5.14. The molecule has 0 aliphatic rings. The largest absolute Gasteiger partial charge is 0.544 e. The second-order valence-corrected chi connectivity index (χ2v) is 10.9. The van der Waals surface area contributed by atoms with E-state index in [-0.39, 0.29) is 23.8 Å². The minimum absolute atomic E-state index is 0.00663. The summed E-state index contributed by atoms with van der Waals surface area (Å²) >= 11 is 0. The second-order valence-electron chi connectivity index (χ2n) is 10.9. The zero-order chi connectivity index (χ0) is 27.2. The van der Waals surface area contributed by atoms with Gasteiger partial charge in [0.25, 0.3) is 0 Å². The number of rotatable bonds is 20. The van der Waals surface area contributed by atoms with E-state index < -0.39 is 5.97 Å². The molecule has 0 aromatic heterocycles. The fraction of sp³-hybridized carbons (Fsp3) is 0.893. The average Bonchev–Trinajstić information content (AvgIpc) is 2.79. The van der Waals surface area contributed by atoms with Crippen LogP contribution in [-0.2, 0) is 19.1 Å². The first-order chi connectivity index (χ1) is 16.4. The molecular weight excluding hydrogens is 444 g/mol. The fourth-order valence-electron chi connectivity index (χ4n) is 3.62. The topological polar surface area (TPSA) is 95.5 Å². The van der Waals surface area contributed by atoms with Crippen molar-refractivity contribution in [2.24, 2.45) is 5.41 Å². The van der Waals surface area contributed by atoms with Gasteiger partial charge in [-0.3, -0.25) is 9.59 Å². The Kier molecular flexibility index (Phi) is 22.0. The van der Waals surface area contributed by atoms with Crippen molar-refractivity contribution >= 4 is 17.8 Å². The van der Waals surface area contributed by atoms with E-state index in [0.29, 0.717) is 24.0 Å². The van der Waals surface area contributed by atoms with Crippen molar-refractivity contribution in [3.05, 3.63) is 0 Å². The molecule has 0 atom stereocenters. The van der Waals surface area contributed by atoms with Crippen LogP contribution in [0.25, 0.3) is 0 Å². The molecule has 0 aromatic carbocycles. The van der Waals surface area contributed by atoms with Gasteiger partial charge in [0.05, 0.1) is 39.1 Å². The van der Waals surface area contributed by atoms with E-state index >= 15 is 0 Å². The number of ether oxygens (including phenoxy) is 1. The molecule has 1 N–H and O–H groups in total. The van der Waals surface area contributed by atoms with Gasteiger partial charge in [0.1, 0.15) is 6.54 Å². The minimum Gasteiger partial charge on any atom is -0.544 e. The number of hydrogen-bond acceptors (Lipinski definition) is 5. The van der Waals surface area contributed by atoms with E-state index in [1.165, 1.54) is 64.9 Å². The average molecular weight is 501 g/mol. The molecule has 0 aromatic rings. The van der Waals surface area contributed by atoms with Gasteiger partial charge in [0.2, 0.25) is 5.91 Å². The molecule has 7 heteroatoms. The normalized spacial score (nSPS) is 11.4. The Labute approximate surface area is 216 Å². The number of amides is 1. The summed E-state index contributed by atoms with van der Waals surface area (Å²) < 4.78 is 4.95. The molecule has 208 valence electrons. The molecule has 0 fully saturated rings. The number of quaternary nitrogens is 1. The maximum Gasteiger partial charge on any atom is 0.311 e. The van der Waals surface area contributed by atoms with Crippen LogP contribution in [0.4, 0.5) is 0 Å². The lowest BCUT2D eigenvalue weighted by molar-refractivity contribution is -0.884. The molecule has 0 saturated carbocycles. The molecule has 0 saturated heterocycles. The van der Waals surface area contributed by atoms with Crippen LogP contribution in [0.5, 0.6) is 0 Å². The van der Waals surface area contributed by atoms with Gasteiger partial charge in [-0.1, -0.05) is 78.1 Å². The Hall–Kier alpha value is -1.63. The van der Waals surface area contributed by atoms with Crippen LogP contribution in [0.3, 0.4) is 0 Å². The van der Waals surface area contributed by atoms with Gasteiger partial charge in [-0.2, -0.15) is 0 Å². The predicted molar refractivity (Wildman–Crippen MR) is 142 cm³/mol. The maximum atomic E-state index is 11.8. The highest BCUT2D eigenvalue weighted by Gasteiger charge is 2.25. The van der Waals surface area contributed by atoms with E-state index in [1.54, 1.807) is 0 Å². The van der Waals surface area contributed by atoms with E-state index in [1.807, 2.05) is 34.9 Å². The highest BCUT2D eigenvalue weighted by Crippen LogP contribution is 2.20. The summed E-state index contributed by atoms with van der Waals surface area (Å²) in [4.78, 5) is 33.3. The summed E-state index contributed by atoms with van der Waals surface area (Å²) in [6, 6.07) is 0. The molecule has 0 heterocycles. The van der Waals surface area contributed by atoms with Gasteiger partial charge >= 0.3 is 5.97 Å². The summed E-state index contributed by atoms with van der Waals surface area (Å²) in [5.41, 5.74) is -0.311. The highest BCUT2D eigenvalue weighted by molar-refractivity contribution is 5.76. The number of esters is 1. The van der Waals surface area contributed by atoms with Crippen molar-refractivity contribution in [2.75, 3.05) is 40.8 Å². The summed E-state index contributed by atoms with van der Waals surface area (Å²) in [5.74, 6) is -1.05. The highest BCUT2D eigenvalue weighted by atomic mass is 16.5. The van der Waals surface area contributed by atoms with Gasteiger partial charge < -0.3 is 24.4 Å². The Morgan fingerprint density at radius 3 is 1.71 bits per heavy atom. The molecule has 35 heavy (non-hydrogen) atoms. The Morgan fingerprint density at radius 2 is 1.31 bits per heavy atom. The van der Waals surface area contributed by atoms with E-state index in [2.05, 4.69) is 17.0 Å². The lowest BCUT2D eigenvalue weighted by atomic mass is 9.91. The third-order valence-corrected chi connectivity index (χ3v) is 6.45. The molecule has 0 aliphatic heterocycles. The van der Waals surface area contributed by atoms with Crippen molar-refractivity contribution < 1.29 is 28.7 Å². The number of carboxylic acids is 1. The SMILES string of the molecule is CCC(C)(C)C(=O)OC.CCCCCCCCCCCCCC(=O)NCCC[N+](C)(C)CC(=O)[O-]. The van der Waals surface area contributed by atoms with Crippen molar-refractivity contribution in [3.8, 4) is 0 Å². The molecule has 0 spiro atoms. The molecular formula is C28H56N2O5. The number of carbonyl (C=O) groups is 3. The van der Waals surface area contributed by atoms with Crippen LogP contribution in [0.15, 0.2) is 0 Å². The molecule has 0 aliphatic carbocycles. The van der Waals surface area contributed by atoms with Crippen LogP contribution >= 0.6 is 0 Å². The third-order valence-electron chi connectivity index (χ3n) is 6.45. The van der Waals surface area contributed by atoms with E-state index in [9.17, 15) is 19.5 Å². The van der Waals surface area contributed by atoms with Crippen LogP contribution < -0.4 is 10.4 Å². The number of likely N-dealkylation sites (N-methyl/N-ethyl adjacent to an activating group) is 1. The lowest BCUT2D eigenvalue weighted by Crippen LogP contribution is -2.49. The minimum atomic E-state index is -1.03. The summed E-state index contributed by atoms with van der Waals surface area (Å²) in [5, 5.41) is 13.6. The first-order valence-corrected chi connectivity index (χ1v) is 13.8. The number of aliphatic carboxylic acids is 1. The molecule has 0 radical (unpaired) electrons. The van der Waals surface area contributed by atoms with E-state index in [4.69, 9.17) is 0 Å². The number of unbranched alkanes of at least 4 members (excludes halogenated alkanes) is 10. The summed E-state index contributed by atoms with van der Waals surface area (Å²) in [6.45, 7) is 9.31. The van der Waals surface area contributed by atoms with Crippen molar-refractivity contribution in [2.45, 2.75) is 118 Å². The number of carboxylic acid groups (broad SMARTS) is 1. The lowest BCUT2D eigenvalue weighted by Gasteiger charge is -2.30. The van der Waals surface area contributed by atoms with Gasteiger partial charge in [-0.25, -0.2) is 0 Å². The second kappa shape index (κ2) is 21.6. The molecule has 0 unspecified atom stereocenters. The van der Waals surface area contributed by atoms with Gasteiger partial charge in [-0.05, 0) is 26.7 Å². The predicted octanol–water partition coefficient (Wildman–Crippen LogP) is 4.62. The number of nitrogens with zero attached hydrogens (tertiary/aromatic N) is 1. The fourth-order valence-corrected chi connectivity index (χ4v) is 3.62. The number of carbonyl (C=O) groups excluding carboxylic acids is 3. The number of methoxy groups -OCH3 is 1. The smallest absolute Gasteiger partial charge is 0.311 e. The van der Waals surface area contributed by atoms with Crippen LogP contribution in [0.1, 0.15) is 118 Å². The molecule has 0 bridgehead atoms. The Morgan fingerprint density at radius 1 is 0.829 bits per heavy atom. The first-order valence-electron chi connectivity index (χ1n) is 13.8. The zero-order valence-corrected chi connectivity index (χ0v) is 24.0. The van der Waals surface area contributed by atoms with Gasteiger partial charge in [-0.15, -0.1) is 0 Å².